The van der Waals surface area contributed by atoms with Gasteiger partial charge in [0, 0.05) is 17.8 Å². The van der Waals surface area contributed by atoms with Gasteiger partial charge in [-0.1, -0.05) is 35.9 Å². The van der Waals surface area contributed by atoms with Crippen molar-refractivity contribution < 1.29 is 14.6 Å². The number of benzene rings is 1. The molecule has 0 aromatic heterocycles. The number of phenolic OH excluding ortho intramolecular Hbond substituents is 1. The van der Waals surface area contributed by atoms with Crippen LogP contribution in [0.2, 0.25) is 0 Å². The maximum Gasteiger partial charge on any atom is 0.325 e. The topological polar surface area (TPSA) is 49.8 Å². The van der Waals surface area contributed by atoms with Crippen LogP contribution in [0.1, 0.15) is 19.4 Å². The molecule has 0 saturated carbocycles. The normalized spacial score (nSPS) is 13.2. The van der Waals surface area contributed by atoms with E-state index < -0.39 is 0 Å². The second-order valence-electron chi connectivity index (χ2n) is 5.27. The number of hydrogen-bond acceptors (Lipinski definition) is 4. The van der Waals surface area contributed by atoms with E-state index in [1.165, 1.54) is 7.11 Å². The average molecular weight is 362 g/mol. The van der Waals surface area contributed by atoms with E-state index in [0.29, 0.717) is 5.03 Å². The van der Waals surface area contributed by atoms with Gasteiger partial charge in [-0.2, -0.15) is 0 Å². The number of likely N-dealkylation sites (N-methyl/N-ethyl adjacent to an activating group) is 1. The second-order valence-corrected chi connectivity index (χ2v) is 5.68. The molecule has 0 amide bonds. The third kappa shape index (κ3) is 6.51. The Morgan fingerprint density at radius 1 is 1.24 bits per heavy atom. The molecular weight excluding hydrogens is 338 g/mol. The Balaban J connectivity index is 3.17. The van der Waals surface area contributed by atoms with E-state index in [2.05, 4.69) is 0 Å². The van der Waals surface area contributed by atoms with Crippen LogP contribution < -0.4 is 0 Å². The minimum absolute atomic E-state index is 0.114. The molecule has 134 valence electrons. The van der Waals surface area contributed by atoms with Crippen molar-refractivity contribution in [1.82, 2.24) is 4.90 Å². The average Bonchev–Trinajstić information content (AvgIpc) is 2.62. The van der Waals surface area contributed by atoms with Crippen LogP contribution in [0, 0.1) is 0 Å². The predicted octanol–water partition coefficient (Wildman–Crippen LogP) is 4.48. The fraction of sp³-hybridized carbons (Fsp3) is 0.250. The van der Waals surface area contributed by atoms with Gasteiger partial charge < -0.3 is 14.7 Å². The zero-order valence-electron chi connectivity index (χ0n) is 15.0. The molecule has 0 radical (unpaired) electrons. The Bertz CT molecular complexity index is 700. The first-order valence-electron chi connectivity index (χ1n) is 7.87. The Labute approximate surface area is 154 Å². The van der Waals surface area contributed by atoms with Gasteiger partial charge in [-0.05, 0) is 55.3 Å². The van der Waals surface area contributed by atoms with E-state index in [0.717, 1.165) is 16.8 Å². The first-order valence-corrected chi connectivity index (χ1v) is 8.25. The maximum absolute atomic E-state index is 11.6. The van der Waals surface area contributed by atoms with Crippen LogP contribution in [-0.2, 0) is 9.53 Å². The summed E-state index contributed by atoms with van der Waals surface area (Å²) in [6.07, 6.45) is 9.41. The molecule has 25 heavy (non-hydrogen) atoms. The molecule has 0 aliphatic heterocycles. The predicted molar refractivity (Wildman–Crippen MR) is 103 cm³/mol. The van der Waals surface area contributed by atoms with Crippen molar-refractivity contribution in [3.8, 4) is 5.75 Å². The quantitative estimate of drug-likeness (QED) is 0.574. The van der Waals surface area contributed by atoms with Gasteiger partial charge >= 0.3 is 5.97 Å². The van der Waals surface area contributed by atoms with Gasteiger partial charge in [0.2, 0.25) is 0 Å². The summed E-state index contributed by atoms with van der Waals surface area (Å²) in [6.45, 7) is 3.91. The van der Waals surface area contributed by atoms with Crippen LogP contribution in [0.25, 0.3) is 5.70 Å². The van der Waals surface area contributed by atoms with Gasteiger partial charge in [0.25, 0.3) is 0 Å². The lowest BCUT2D eigenvalue weighted by Gasteiger charge is -2.21. The van der Waals surface area contributed by atoms with Crippen molar-refractivity contribution in [2.45, 2.75) is 13.8 Å². The lowest BCUT2D eigenvalue weighted by atomic mass is 10.1. The van der Waals surface area contributed by atoms with Crippen molar-refractivity contribution in [3.63, 3.8) is 0 Å². The van der Waals surface area contributed by atoms with Crippen molar-refractivity contribution >= 4 is 23.3 Å². The number of phenols is 1. The van der Waals surface area contributed by atoms with E-state index >= 15 is 0 Å². The number of rotatable bonds is 7. The fourth-order valence-corrected chi connectivity index (χ4v) is 2.31. The van der Waals surface area contributed by atoms with E-state index in [4.69, 9.17) is 16.3 Å². The van der Waals surface area contributed by atoms with Gasteiger partial charge in [0.05, 0.1) is 7.11 Å². The fourth-order valence-electron chi connectivity index (χ4n) is 2.14. The number of aromatic hydroxyl groups is 1. The number of allylic oxidation sites excluding steroid dienone is 7. The largest absolute Gasteiger partial charge is 0.508 e. The molecule has 1 aromatic rings. The van der Waals surface area contributed by atoms with Crippen molar-refractivity contribution in [2.75, 3.05) is 20.7 Å². The highest BCUT2D eigenvalue weighted by atomic mass is 35.5. The number of halogens is 1. The van der Waals surface area contributed by atoms with Crippen LogP contribution in [0.4, 0.5) is 0 Å². The van der Waals surface area contributed by atoms with E-state index in [1.807, 2.05) is 44.2 Å². The number of esters is 1. The highest BCUT2D eigenvalue weighted by Crippen LogP contribution is 2.22. The van der Waals surface area contributed by atoms with E-state index in [-0.39, 0.29) is 18.3 Å². The van der Waals surface area contributed by atoms with Crippen LogP contribution in [0.3, 0.4) is 0 Å². The lowest BCUT2D eigenvalue weighted by Crippen LogP contribution is -2.25. The Kier molecular flexibility index (Phi) is 8.57. The molecule has 0 fully saturated rings. The number of carbonyl (C=O) groups excluding carboxylic acids is 1. The monoisotopic (exact) mass is 361 g/mol. The molecule has 1 N–H and O–H groups in total. The summed E-state index contributed by atoms with van der Waals surface area (Å²) in [6, 6.07) is 6.79. The minimum Gasteiger partial charge on any atom is -0.508 e. The van der Waals surface area contributed by atoms with Gasteiger partial charge in [-0.15, -0.1) is 0 Å². The molecule has 0 aliphatic carbocycles. The van der Waals surface area contributed by atoms with Gasteiger partial charge in [0.1, 0.15) is 12.3 Å². The first-order chi connectivity index (χ1) is 11.9. The molecule has 0 saturated heterocycles. The first kappa shape index (κ1) is 20.6. The SMILES string of the molecule is C/C=C(/C=C/C=C(/c1ccc(O)cc1)N(C)CC(=O)OC)C(\Cl)=C/C. The standard InChI is InChI=1S/C20H24ClNO3/c1-5-15(18(21)6-2)8-7-9-19(22(3)14-20(24)25-4)16-10-12-17(23)13-11-16/h5-13,23H,14H2,1-4H3/b8-7+,15-5-,18-6+,19-9-. The van der Waals surface area contributed by atoms with Crippen LogP contribution >= 0.6 is 11.6 Å². The molecule has 5 heteroatoms. The molecule has 1 rings (SSSR count). The maximum atomic E-state index is 11.6. The lowest BCUT2D eigenvalue weighted by molar-refractivity contribution is -0.140. The Morgan fingerprint density at radius 3 is 2.40 bits per heavy atom. The second kappa shape index (κ2) is 10.4. The molecular formula is C20H24ClNO3. The Hall–Kier alpha value is -2.46. The van der Waals surface area contributed by atoms with Crippen LogP contribution in [-0.4, -0.2) is 36.7 Å². The van der Waals surface area contributed by atoms with Crippen LogP contribution in [0.15, 0.2) is 65.3 Å². The highest BCUT2D eigenvalue weighted by molar-refractivity contribution is 6.32. The summed E-state index contributed by atoms with van der Waals surface area (Å²) in [7, 11) is 3.16. The molecule has 0 spiro atoms. The third-order valence-electron chi connectivity index (χ3n) is 3.54. The van der Waals surface area contributed by atoms with E-state index in [1.54, 1.807) is 36.2 Å². The number of carbonyl (C=O) groups is 1. The zero-order valence-corrected chi connectivity index (χ0v) is 15.7. The third-order valence-corrected chi connectivity index (χ3v) is 3.97. The van der Waals surface area contributed by atoms with Gasteiger partial charge in [0.15, 0.2) is 0 Å². The molecule has 0 bridgehead atoms. The summed E-state index contributed by atoms with van der Waals surface area (Å²) in [4.78, 5) is 13.4. The van der Waals surface area contributed by atoms with Crippen LogP contribution in [0.5, 0.6) is 5.75 Å². The summed E-state index contributed by atoms with van der Waals surface area (Å²) < 4.78 is 4.73. The summed E-state index contributed by atoms with van der Waals surface area (Å²) in [5.74, 6) is -0.146. The molecule has 0 unspecified atom stereocenters. The van der Waals surface area contributed by atoms with Gasteiger partial charge in [-0.3, -0.25) is 4.79 Å². The highest BCUT2D eigenvalue weighted by Gasteiger charge is 2.11. The Morgan fingerprint density at radius 2 is 1.88 bits per heavy atom. The number of nitrogens with zero attached hydrogens (tertiary/aromatic N) is 1. The van der Waals surface area contributed by atoms with Crippen molar-refractivity contribution in [1.29, 1.82) is 0 Å². The number of ether oxygens (including phenoxy) is 1. The molecule has 0 atom stereocenters. The number of methoxy groups -OCH3 is 1. The van der Waals surface area contributed by atoms with Crippen molar-refractivity contribution in [3.05, 3.63) is 70.8 Å². The van der Waals surface area contributed by atoms with Gasteiger partial charge in [-0.25, -0.2) is 0 Å². The summed E-state index contributed by atoms with van der Waals surface area (Å²) >= 11 is 6.15. The van der Waals surface area contributed by atoms with Crippen molar-refractivity contribution in [2.24, 2.45) is 0 Å². The summed E-state index contributed by atoms with van der Waals surface area (Å²) in [5, 5.41) is 10.1. The molecule has 1 aromatic carbocycles. The molecule has 4 nitrogen and oxygen atoms in total. The zero-order chi connectivity index (χ0) is 18.8. The minimum atomic E-state index is -0.331. The number of hydrogen-bond donors (Lipinski definition) is 1. The summed E-state index contributed by atoms with van der Waals surface area (Å²) in [5.41, 5.74) is 2.59. The molecule has 0 aliphatic rings. The van der Waals surface area contributed by atoms with E-state index in [9.17, 15) is 9.90 Å². The smallest absolute Gasteiger partial charge is 0.325 e. The molecule has 0 heterocycles.